The maximum atomic E-state index is 11.8. The summed E-state index contributed by atoms with van der Waals surface area (Å²) in [4.78, 5) is 11.8. The second kappa shape index (κ2) is 6.57. The Hall–Kier alpha value is -2.55. The van der Waals surface area contributed by atoms with Gasteiger partial charge in [0.2, 0.25) is 5.91 Å². The smallest absolute Gasteiger partial charge is 0.248 e. The first-order valence-electron chi connectivity index (χ1n) is 6.37. The molecule has 0 spiro atoms. The van der Waals surface area contributed by atoms with Gasteiger partial charge in [-0.15, -0.1) is 0 Å². The van der Waals surface area contributed by atoms with Crippen molar-refractivity contribution in [1.82, 2.24) is 0 Å². The van der Waals surface area contributed by atoms with E-state index < -0.39 is 0 Å². The highest BCUT2D eigenvalue weighted by atomic mass is 16.5. The average Bonchev–Trinajstić information content (AvgIpc) is 2.47. The number of hydrogen-bond acceptors (Lipinski definition) is 2. The molecule has 0 aliphatic rings. The summed E-state index contributed by atoms with van der Waals surface area (Å²) in [6, 6.07) is 15.2. The van der Waals surface area contributed by atoms with Crippen LogP contribution in [0.1, 0.15) is 11.1 Å². The first kappa shape index (κ1) is 13.9. The van der Waals surface area contributed by atoms with Crippen molar-refractivity contribution in [3.63, 3.8) is 0 Å². The Morgan fingerprint density at radius 1 is 1.05 bits per heavy atom. The van der Waals surface area contributed by atoms with Crippen LogP contribution in [0.4, 0.5) is 5.69 Å². The van der Waals surface area contributed by atoms with Gasteiger partial charge in [0.05, 0.1) is 7.11 Å². The zero-order valence-electron chi connectivity index (χ0n) is 11.6. The molecule has 0 aliphatic heterocycles. The second-order valence-electron chi connectivity index (χ2n) is 4.46. The van der Waals surface area contributed by atoms with Crippen molar-refractivity contribution < 1.29 is 9.53 Å². The molecule has 0 heterocycles. The number of rotatable bonds is 4. The molecular weight excluding hydrogens is 250 g/mol. The molecule has 0 unspecified atom stereocenters. The van der Waals surface area contributed by atoms with E-state index in [9.17, 15) is 4.79 Å². The number of ether oxygens (including phenoxy) is 1. The lowest BCUT2D eigenvalue weighted by atomic mass is 10.1. The van der Waals surface area contributed by atoms with E-state index in [-0.39, 0.29) is 5.91 Å². The predicted molar refractivity (Wildman–Crippen MR) is 81.8 cm³/mol. The highest BCUT2D eigenvalue weighted by Crippen LogP contribution is 2.15. The number of aryl methyl sites for hydroxylation is 1. The molecule has 102 valence electrons. The number of benzene rings is 2. The van der Waals surface area contributed by atoms with E-state index in [1.807, 2.05) is 31.2 Å². The van der Waals surface area contributed by atoms with Gasteiger partial charge < -0.3 is 10.1 Å². The van der Waals surface area contributed by atoms with Crippen LogP contribution in [0.5, 0.6) is 5.75 Å². The van der Waals surface area contributed by atoms with E-state index in [0.717, 1.165) is 17.0 Å². The Kier molecular flexibility index (Phi) is 4.56. The zero-order valence-corrected chi connectivity index (χ0v) is 11.6. The average molecular weight is 267 g/mol. The quantitative estimate of drug-likeness (QED) is 0.859. The van der Waals surface area contributed by atoms with Gasteiger partial charge in [0.25, 0.3) is 0 Å². The van der Waals surface area contributed by atoms with Gasteiger partial charge in [-0.25, -0.2) is 0 Å². The summed E-state index contributed by atoms with van der Waals surface area (Å²) in [5, 5.41) is 2.79. The molecule has 1 amide bonds. The maximum Gasteiger partial charge on any atom is 0.248 e. The van der Waals surface area contributed by atoms with Crippen LogP contribution in [0.25, 0.3) is 6.08 Å². The van der Waals surface area contributed by atoms with Crippen LogP contribution in [-0.4, -0.2) is 13.0 Å². The molecule has 0 saturated heterocycles. The lowest BCUT2D eigenvalue weighted by Crippen LogP contribution is -2.07. The van der Waals surface area contributed by atoms with Gasteiger partial charge in [0.15, 0.2) is 0 Å². The van der Waals surface area contributed by atoms with Crippen molar-refractivity contribution in [2.24, 2.45) is 0 Å². The number of methoxy groups -OCH3 is 1. The summed E-state index contributed by atoms with van der Waals surface area (Å²) in [5.74, 6) is 0.605. The van der Waals surface area contributed by atoms with E-state index in [0.29, 0.717) is 0 Å². The van der Waals surface area contributed by atoms with Gasteiger partial charge in [-0.05, 0) is 42.8 Å². The zero-order chi connectivity index (χ0) is 14.4. The van der Waals surface area contributed by atoms with Gasteiger partial charge in [-0.2, -0.15) is 0 Å². The minimum Gasteiger partial charge on any atom is -0.497 e. The molecule has 0 fully saturated rings. The maximum absolute atomic E-state index is 11.8. The second-order valence-corrected chi connectivity index (χ2v) is 4.46. The van der Waals surface area contributed by atoms with Crippen molar-refractivity contribution in [2.75, 3.05) is 12.4 Å². The molecule has 20 heavy (non-hydrogen) atoms. The number of hydrogen-bond donors (Lipinski definition) is 1. The van der Waals surface area contributed by atoms with Crippen molar-refractivity contribution in [2.45, 2.75) is 6.92 Å². The van der Waals surface area contributed by atoms with Crippen LogP contribution >= 0.6 is 0 Å². The van der Waals surface area contributed by atoms with Gasteiger partial charge in [0, 0.05) is 11.8 Å². The third-order valence-corrected chi connectivity index (χ3v) is 2.86. The Morgan fingerprint density at radius 3 is 2.30 bits per heavy atom. The van der Waals surface area contributed by atoms with E-state index in [2.05, 4.69) is 5.32 Å². The van der Waals surface area contributed by atoms with Crippen LogP contribution < -0.4 is 10.1 Å². The molecule has 0 saturated carbocycles. The summed E-state index contributed by atoms with van der Waals surface area (Å²) in [7, 11) is 1.61. The molecule has 3 nitrogen and oxygen atoms in total. The monoisotopic (exact) mass is 267 g/mol. The van der Waals surface area contributed by atoms with Crippen LogP contribution in [0.15, 0.2) is 54.6 Å². The van der Waals surface area contributed by atoms with E-state index >= 15 is 0 Å². The minimum absolute atomic E-state index is 0.157. The van der Waals surface area contributed by atoms with E-state index in [1.165, 1.54) is 11.6 Å². The molecule has 3 heteroatoms. The standard InChI is InChI=1S/C17H17NO2/c1-13-3-5-14(6-4-13)7-12-17(19)18-15-8-10-16(20-2)11-9-15/h3-12H,1-2H3,(H,18,19). The number of anilines is 1. The van der Waals surface area contributed by atoms with Crippen molar-refractivity contribution >= 4 is 17.7 Å². The number of nitrogens with one attached hydrogen (secondary N) is 1. The number of amides is 1. The Morgan fingerprint density at radius 2 is 1.70 bits per heavy atom. The lowest BCUT2D eigenvalue weighted by molar-refractivity contribution is -0.111. The SMILES string of the molecule is COc1ccc(NC(=O)C=Cc2ccc(C)cc2)cc1. The molecule has 2 rings (SSSR count). The summed E-state index contributed by atoms with van der Waals surface area (Å²) in [6.45, 7) is 2.03. The number of carbonyl (C=O) groups excluding carboxylic acids is 1. The molecule has 0 bridgehead atoms. The largest absolute Gasteiger partial charge is 0.497 e. The topological polar surface area (TPSA) is 38.3 Å². The summed E-state index contributed by atoms with van der Waals surface area (Å²) in [6.07, 6.45) is 3.31. The Labute approximate surface area is 118 Å². The van der Waals surface area contributed by atoms with Gasteiger partial charge in [0.1, 0.15) is 5.75 Å². The summed E-state index contributed by atoms with van der Waals surface area (Å²) in [5.41, 5.74) is 2.94. The third kappa shape index (κ3) is 3.99. The van der Waals surface area contributed by atoms with Crippen LogP contribution in [0.3, 0.4) is 0 Å². The normalized spacial score (nSPS) is 10.5. The Bertz CT molecular complexity index is 598. The third-order valence-electron chi connectivity index (χ3n) is 2.86. The number of carbonyl (C=O) groups is 1. The van der Waals surface area contributed by atoms with Crippen LogP contribution in [0, 0.1) is 6.92 Å². The predicted octanol–water partition coefficient (Wildman–Crippen LogP) is 3.66. The lowest BCUT2D eigenvalue weighted by Gasteiger charge is -2.03. The molecule has 0 aromatic heterocycles. The molecule has 2 aromatic carbocycles. The summed E-state index contributed by atoms with van der Waals surface area (Å²) < 4.78 is 5.06. The molecule has 2 aromatic rings. The fourth-order valence-electron chi connectivity index (χ4n) is 1.71. The van der Waals surface area contributed by atoms with Crippen molar-refractivity contribution in [1.29, 1.82) is 0 Å². The van der Waals surface area contributed by atoms with Gasteiger partial charge in [-0.1, -0.05) is 29.8 Å². The fraction of sp³-hybridized carbons (Fsp3) is 0.118. The highest BCUT2D eigenvalue weighted by Gasteiger charge is 1.98. The molecular formula is C17H17NO2. The van der Waals surface area contributed by atoms with Crippen LogP contribution in [0.2, 0.25) is 0 Å². The molecule has 1 N–H and O–H groups in total. The first-order chi connectivity index (χ1) is 9.67. The molecule has 0 atom stereocenters. The van der Waals surface area contributed by atoms with E-state index in [1.54, 1.807) is 37.5 Å². The van der Waals surface area contributed by atoms with Crippen LogP contribution in [-0.2, 0) is 4.79 Å². The fourth-order valence-corrected chi connectivity index (χ4v) is 1.71. The van der Waals surface area contributed by atoms with Gasteiger partial charge >= 0.3 is 0 Å². The first-order valence-corrected chi connectivity index (χ1v) is 6.37. The highest BCUT2D eigenvalue weighted by molar-refractivity contribution is 6.01. The Balaban J connectivity index is 1.96. The summed E-state index contributed by atoms with van der Waals surface area (Å²) >= 11 is 0. The van der Waals surface area contributed by atoms with E-state index in [4.69, 9.17) is 4.74 Å². The van der Waals surface area contributed by atoms with Gasteiger partial charge in [-0.3, -0.25) is 4.79 Å². The minimum atomic E-state index is -0.157. The molecule has 0 aliphatic carbocycles. The van der Waals surface area contributed by atoms with Crippen molar-refractivity contribution in [3.8, 4) is 5.75 Å². The molecule has 0 radical (unpaired) electrons. The van der Waals surface area contributed by atoms with Crippen molar-refractivity contribution in [3.05, 3.63) is 65.7 Å².